The van der Waals surface area contributed by atoms with E-state index in [2.05, 4.69) is 10.2 Å². The van der Waals surface area contributed by atoms with Gasteiger partial charge in [-0.05, 0) is 25.8 Å². The summed E-state index contributed by atoms with van der Waals surface area (Å²) >= 11 is 0. The molecule has 16 heavy (non-hydrogen) atoms. The average molecular weight is 226 g/mol. The molecule has 2 aliphatic heterocycles. The molecule has 0 aromatic carbocycles. The van der Waals surface area contributed by atoms with Gasteiger partial charge in [0.1, 0.15) is 0 Å². The van der Waals surface area contributed by atoms with Gasteiger partial charge in [0.05, 0.1) is 12.7 Å². The van der Waals surface area contributed by atoms with Gasteiger partial charge in [0, 0.05) is 25.6 Å². The average Bonchev–Trinajstić information content (AvgIpc) is 2.74. The van der Waals surface area contributed by atoms with Crippen LogP contribution in [-0.4, -0.2) is 49.2 Å². The monoisotopic (exact) mass is 226 g/mol. The molecule has 1 N–H and O–H groups in total. The van der Waals surface area contributed by atoms with Gasteiger partial charge >= 0.3 is 0 Å². The molecular weight excluding hydrogens is 204 g/mol. The maximum absolute atomic E-state index is 11.3. The Kier molecular flexibility index (Phi) is 4.18. The molecule has 2 fully saturated rings. The molecule has 2 rings (SSSR count). The van der Waals surface area contributed by atoms with Crippen LogP contribution < -0.4 is 5.32 Å². The van der Waals surface area contributed by atoms with E-state index in [0.717, 1.165) is 19.6 Å². The number of amides is 1. The summed E-state index contributed by atoms with van der Waals surface area (Å²) in [6.07, 6.45) is 4.29. The number of hydrogen-bond donors (Lipinski definition) is 1. The van der Waals surface area contributed by atoms with Crippen LogP contribution in [0.25, 0.3) is 0 Å². The second kappa shape index (κ2) is 5.64. The molecule has 0 aromatic heterocycles. The molecule has 2 aliphatic rings. The minimum atomic E-state index is 0.148. The highest BCUT2D eigenvalue weighted by Crippen LogP contribution is 2.22. The molecule has 0 aromatic rings. The van der Waals surface area contributed by atoms with Crippen molar-refractivity contribution in [1.82, 2.24) is 10.2 Å². The standard InChI is InChI=1S/C12H22N2O2/c1-2-4-12(15)13-7-11-8-14-6-3-5-10(14)9-16-11/h10-11H,2-9H2,1H3,(H,13,15). The summed E-state index contributed by atoms with van der Waals surface area (Å²) in [6, 6.07) is 0.641. The van der Waals surface area contributed by atoms with Crippen LogP contribution in [0.15, 0.2) is 0 Å². The Labute approximate surface area is 97.3 Å². The van der Waals surface area contributed by atoms with Crippen LogP contribution in [0.1, 0.15) is 32.6 Å². The molecule has 0 radical (unpaired) electrons. The van der Waals surface area contributed by atoms with Crippen LogP contribution in [0.5, 0.6) is 0 Å². The van der Waals surface area contributed by atoms with Crippen LogP contribution in [0, 0.1) is 0 Å². The maximum Gasteiger partial charge on any atom is 0.220 e. The minimum absolute atomic E-state index is 0.148. The fourth-order valence-corrected chi connectivity index (χ4v) is 2.55. The first kappa shape index (κ1) is 11.9. The van der Waals surface area contributed by atoms with Crippen molar-refractivity contribution >= 4 is 5.91 Å². The van der Waals surface area contributed by atoms with Gasteiger partial charge in [-0.1, -0.05) is 6.92 Å². The fraction of sp³-hybridized carbons (Fsp3) is 0.917. The zero-order valence-corrected chi connectivity index (χ0v) is 10.1. The van der Waals surface area contributed by atoms with Crippen LogP contribution in [0.4, 0.5) is 0 Å². The predicted octanol–water partition coefficient (Wildman–Crippen LogP) is 0.766. The number of carbonyl (C=O) groups excluding carboxylic acids is 1. The number of ether oxygens (including phenoxy) is 1. The van der Waals surface area contributed by atoms with Crippen LogP contribution in [0.2, 0.25) is 0 Å². The normalized spacial score (nSPS) is 30.1. The van der Waals surface area contributed by atoms with Gasteiger partial charge < -0.3 is 10.1 Å². The Hall–Kier alpha value is -0.610. The van der Waals surface area contributed by atoms with E-state index < -0.39 is 0 Å². The Morgan fingerprint density at radius 3 is 3.25 bits per heavy atom. The molecule has 2 atom stereocenters. The van der Waals surface area contributed by atoms with Crippen LogP contribution in [-0.2, 0) is 9.53 Å². The van der Waals surface area contributed by atoms with Crippen LogP contribution in [0.3, 0.4) is 0 Å². The number of rotatable bonds is 4. The van der Waals surface area contributed by atoms with Crippen molar-refractivity contribution in [1.29, 1.82) is 0 Å². The highest BCUT2D eigenvalue weighted by atomic mass is 16.5. The van der Waals surface area contributed by atoms with Crippen molar-refractivity contribution < 1.29 is 9.53 Å². The SMILES string of the molecule is CCCC(=O)NCC1CN2CCCC2CO1. The number of nitrogens with one attached hydrogen (secondary N) is 1. The second-order valence-electron chi connectivity index (χ2n) is 4.80. The molecule has 0 saturated carbocycles. The largest absolute Gasteiger partial charge is 0.373 e. The van der Waals surface area contributed by atoms with Crippen molar-refractivity contribution in [3.63, 3.8) is 0 Å². The van der Waals surface area contributed by atoms with E-state index in [4.69, 9.17) is 4.74 Å². The molecule has 2 unspecified atom stereocenters. The summed E-state index contributed by atoms with van der Waals surface area (Å²) in [5.74, 6) is 0.148. The van der Waals surface area contributed by atoms with E-state index in [-0.39, 0.29) is 12.0 Å². The van der Waals surface area contributed by atoms with Gasteiger partial charge in [0.25, 0.3) is 0 Å². The van der Waals surface area contributed by atoms with Gasteiger partial charge in [0.2, 0.25) is 5.91 Å². The van der Waals surface area contributed by atoms with E-state index in [0.29, 0.717) is 19.0 Å². The summed E-state index contributed by atoms with van der Waals surface area (Å²) in [7, 11) is 0. The number of nitrogens with zero attached hydrogens (tertiary/aromatic N) is 1. The van der Waals surface area contributed by atoms with Crippen LogP contribution >= 0.6 is 0 Å². The maximum atomic E-state index is 11.3. The van der Waals surface area contributed by atoms with Gasteiger partial charge in [0.15, 0.2) is 0 Å². The van der Waals surface area contributed by atoms with Gasteiger partial charge in [-0.3, -0.25) is 9.69 Å². The summed E-state index contributed by atoms with van der Waals surface area (Å²) < 4.78 is 5.76. The molecule has 4 nitrogen and oxygen atoms in total. The molecule has 0 bridgehead atoms. The minimum Gasteiger partial charge on any atom is -0.373 e. The molecule has 2 saturated heterocycles. The number of fused-ring (bicyclic) bond motifs is 1. The Balaban J connectivity index is 1.69. The fourth-order valence-electron chi connectivity index (χ4n) is 2.55. The molecule has 0 spiro atoms. The van der Waals surface area contributed by atoms with Crippen molar-refractivity contribution in [2.75, 3.05) is 26.2 Å². The van der Waals surface area contributed by atoms with Crippen molar-refractivity contribution in [2.45, 2.75) is 44.8 Å². The van der Waals surface area contributed by atoms with E-state index in [1.165, 1.54) is 19.4 Å². The highest BCUT2D eigenvalue weighted by Gasteiger charge is 2.32. The third kappa shape index (κ3) is 2.95. The third-order valence-corrected chi connectivity index (χ3v) is 3.47. The molecule has 1 amide bonds. The van der Waals surface area contributed by atoms with Crippen molar-refractivity contribution in [3.05, 3.63) is 0 Å². The summed E-state index contributed by atoms with van der Waals surface area (Å²) in [6.45, 7) is 5.71. The van der Waals surface area contributed by atoms with E-state index >= 15 is 0 Å². The van der Waals surface area contributed by atoms with Gasteiger partial charge in [-0.25, -0.2) is 0 Å². The zero-order valence-electron chi connectivity index (χ0n) is 10.1. The third-order valence-electron chi connectivity index (χ3n) is 3.47. The molecule has 0 aliphatic carbocycles. The first-order chi connectivity index (χ1) is 7.79. The van der Waals surface area contributed by atoms with Gasteiger partial charge in [-0.15, -0.1) is 0 Å². The Morgan fingerprint density at radius 1 is 1.56 bits per heavy atom. The summed E-state index contributed by atoms with van der Waals surface area (Å²) in [5.41, 5.74) is 0. The molecule has 2 heterocycles. The molecular formula is C12H22N2O2. The predicted molar refractivity (Wildman–Crippen MR) is 62.3 cm³/mol. The molecule has 92 valence electrons. The Morgan fingerprint density at radius 2 is 2.44 bits per heavy atom. The number of morpholine rings is 1. The zero-order chi connectivity index (χ0) is 11.4. The smallest absolute Gasteiger partial charge is 0.220 e. The highest BCUT2D eigenvalue weighted by molar-refractivity contribution is 5.75. The summed E-state index contributed by atoms with van der Waals surface area (Å²) in [5, 5.41) is 2.94. The lowest BCUT2D eigenvalue weighted by atomic mass is 10.2. The van der Waals surface area contributed by atoms with E-state index in [9.17, 15) is 4.79 Å². The summed E-state index contributed by atoms with van der Waals surface area (Å²) in [4.78, 5) is 13.8. The quantitative estimate of drug-likeness (QED) is 0.769. The number of carbonyl (C=O) groups is 1. The topological polar surface area (TPSA) is 41.6 Å². The lowest BCUT2D eigenvalue weighted by Gasteiger charge is -2.35. The first-order valence-corrected chi connectivity index (χ1v) is 6.42. The van der Waals surface area contributed by atoms with E-state index in [1.807, 2.05) is 6.92 Å². The lowest BCUT2D eigenvalue weighted by molar-refractivity contribution is -0.122. The van der Waals surface area contributed by atoms with Crippen molar-refractivity contribution in [2.24, 2.45) is 0 Å². The van der Waals surface area contributed by atoms with Crippen molar-refractivity contribution in [3.8, 4) is 0 Å². The van der Waals surface area contributed by atoms with Gasteiger partial charge in [-0.2, -0.15) is 0 Å². The second-order valence-corrected chi connectivity index (χ2v) is 4.80. The molecule has 4 heteroatoms. The van der Waals surface area contributed by atoms with E-state index in [1.54, 1.807) is 0 Å². The Bertz CT molecular complexity index is 245. The lowest BCUT2D eigenvalue weighted by Crippen LogP contribution is -2.50. The number of hydrogen-bond acceptors (Lipinski definition) is 3. The first-order valence-electron chi connectivity index (χ1n) is 6.42.